The molecule has 1 aliphatic rings. The van der Waals surface area contributed by atoms with Crippen LogP contribution in [0.2, 0.25) is 0 Å². The zero-order chi connectivity index (χ0) is 23.8. The summed E-state index contributed by atoms with van der Waals surface area (Å²) >= 11 is 0. The van der Waals surface area contributed by atoms with Crippen molar-refractivity contribution in [1.82, 2.24) is 0 Å². The molecule has 5 heteroatoms. The molecule has 1 aliphatic heterocycles. The van der Waals surface area contributed by atoms with E-state index in [1.807, 2.05) is 50.2 Å². The van der Waals surface area contributed by atoms with Crippen LogP contribution in [0.5, 0.6) is 0 Å². The minimum atomic E-state index is -0.943. The lowest BCUT2D eigenvalue weighted by atomic mass is 9.82. The second-order valence-electron chi connectivity index (χ2n) is 9.57. The highest BCUT2D eigenvalue weighted by atomic mass is 16.5. The Morgan fingerprint density at radius 2 is 1.61 bits per heavy atom. The standard InChI is InChI=1S/C28H29BN2O2/c1-19-24-8-6-7-9-25(24)31(23-16-10-20(18-30)11-17-23)26(19)21-12-14-22(15-13-21)29-33-28(4,5)27(2,3)32/h6-17,26,29,32H,1H2,2-5H3. The Labute approximate surface area is 197 Å². The largest absolute Gasteiger partial charge is 0.427 e. The van der Waals surface area contributed by atoms with Crippen molar-refractivity contribution in [3.05, 3.63) is 96.1 Å². The number of para-hydroxylation sites is 1. The van der Waals surface area contributed by atoms with Gasteiger partial charge in [-0.1, -0.05) is 54.5 Å². The molecule has 0 radical (unpaired) electrons. The molecule has 4 rings (SSSR count). The van der Waals surface area contributed by atoms with Gasteiger partial charge in [0.25, 0.3) is 0 Å². The van der Waals surface area contributed by atoms with Crippen molar-refractivity contribution < 1.29 is 9.76 Å². The van der Waals surface area contributed by atoms with E-state index < -0.39 is 11.2 Å². The lowest BCUT2D eigenvalue weighted by molar-refractivity contribution is -0.0893. The number of fused-ring (bicyclic) bond motifs is 1. The average molecular weight is 436 g/mol. The molecule has 4 nitrogen and oxygen atoms in total. The Balaban J connectivity index is 1.64. The summed E-state index contributed by atoms with van der Waals surface area (Å²) in [5.41, 5.74) is 5.50. The maximum atomic E-state index is 10.3. The van der Waals surface area contributed by atoms with Crippen molar-refractivity contribution in [2.24, 2.45) is 0 Å². The summed E-state index contributed by atoms with van der Waals surface area (Å²) < 4.78 is 6.03. The Morgan fingerprint density at radius 3 is 2.21 bits per heavy atom. The van der Waals surface area contributed by atoms with Gasteiger partial charge in [0, 0.05) is 16.9 Å². The molecule has 0 fully saturated rings. The van der Waals surface area contributed by atoms with E-state index in [0.29, 0.717) is 13.0 Å². The van der Waals surface area contributed by atoms with Gasteiger partial charge in [0.05, 0.1) is 28.9 Å². The Morgan fingerprint density at radius 1 is 0.970 bits per heavy atom. The van der Waals surface area contributed by atoms with Crippen LogP contribution in [0.4, 0.5) is 11.4 Å². The average Bonchev–Trinajstić information content (AvgIpc) is 3.10. The van der Waals surface area contributed by atoms with Crippen molar-refractivity contribution in [1.29, 1.82) is 5.26 Å². The van der Waals surface area contributed by atoms with Crippen molar-refractivity contribution in [2.75, 3.05) is 4.90 Å². The third-order valence-corrected chi connectivity index (χ3v) is 6.74. The molecule has 0 saturated heterocycles. The topological polar surface area (TPSA) is 56.5 Å². The molecule has 3 aromatic rings. The number of nitrogens with zero attached hydrogens (tertiary/aromatic N) is 2. The fraction of sp³-hybridized carbons (Fsp3) is 0.250. The van der Waals surface area contributed by atoms with Crippen LogP contribution in [0.15, 0.2) is 79.4 Å². The zero-order valence-corrected chi connectivity index (χ0v) is 19.7. The van der Waals surface area contributed by atoms with E-state index in [0.717, 1.165) is 33.5 Å². The van der Waals surface area contributed by atoms with Gasteiger partial charge in [0.2, 0.25) is 0 Å². The predicted molar refractivity (Wildman–Crippen MR) is 136 cm³/mol. The van der Waals surface area contributed by atoms with Crippen molar-refractivity contribution >= 4 is 29.9 Å². The maximum absolute atomic E-state index is 10.3. The third kappa shape index (κ3) is 4.33. The minimum Gasteiger partial charge on any atom is -0.427 e. The molecule has 0 bridgehead atoms. The normalized spacial score (nSPS) is 15.8. The fourth-order valence-electron chi connectivity index (χ4n) is 3.97. The van der Waals surface area contributed by atoms with Gasteiger partial charge in [-0.05, 0) is 69.2 Å². The zero-order valence-electron chi connectivity index (χ0n) is 19.7. The molecule has 0 amide bonds. The fourth-order valence-corrected chi connectivity index (χ4v) is 3.97. The quantitative estimate of drug-likeness (QED) is 0.552. The monoisotopic (exact) mass is 436 g/mol. The predicted octanol–water partition coefficient (Wildman–Crippen LogP) is 5.01. The van der Waals surface area contributed by atoms with Gasteiger partial charge >= 0.3 is 7.48 Å². The van der Waals surface area contributed by atoms with E-state index in [4.69, 9.17) is 4.65 Å². The Kier molecular flexibility index (Phi) is 5.92. The SMILES string of the molecule is C=C1c2ccccc2N(c2ccc(C#N)cc2)C1c1ccc(BOC(C)(C)C(C)(C)O)cc1. The highest BCUT2D eigenvalue weighted by molar-refractivity contribution is 6.47. The van der Waals surface area contributed by atoms with Crippen LogP contribution in [0, 0.1) is 11.3 Å². The molecule has 0 aromatic heterocycles. The number of hydrogen-bond acceptors (Lipinski definition) is 4. The molecule has 1 heterocycles. The lowest BCUT2D eigenvalue weighted by Gasteiger charge is -2.37. The van der Waals surface area contributed by atoms with Crippen LogP contribution in [-0.2, 0) is 4.65 Å². The molecule has 0 spiro atoms. The third-order valence-electron chi connectivity index (χ3n) is 6.74. The van der Waals surface area contributed by atoms with Gasteiger partial charge in [-0.3, -0.25) is 0 Å². The molecule has 0 aliphatic carbocycles. The maximum Gasteiger partial charge on any atom is 0.309 e. The number of benzene rings is 3. The van der Waals surface area contributed by atoms with Crippen LogP contribution < -0.4 is 10.4 Å². The van der Waals surface area contributed by atoms with E-state index >= 15 is 0 Å². The summed E-state index contributed by atoms with van der Waals surface area (Å²) in [5.74, 6) is 0. The van der Waals surface area contributed by atoms with Gasteiger partial charge in [-0.15, -0.1) is 0 Å². The van der Waals surface area contributed by atoms with E-state index in [1.165, 1.54) is 0 Å². The summed E-state index contributed by atoms with van der Waals surface area (Å²) in [6, 6.07) is 26.5. The minimum absolute atomic E-state index is 0.0434. The second kappa shape index (κ2) is 8.55. The number of anilines is 2. The first-order chi connectivity index (χ1) is 15.6. The van der Waals surface area contributed by atoms with Gasteiger partial charge in [-0.2, -0.15) is 5.26 Å². The molecule has 1 atom stereocenters. The molecular weight excluding hydrogens is 407 g/mol. The number of aliphatic hydroxyl groups is 1. The first kappa shape index (κ1) is 22.9. The van der Waals surface area contributed by atoms with E-state index in [2.05, 4.69) is 53.9 Å². The van der Waals surface area contributed by atoms with E-state index in [-0.39, 0.29) is 6.04 Å². The summed E-state index contributed by atoms with van der Waals surface area (Å²) in [5, 5.41) is 19.5. The van der Waals surface area contributed by atoms with Crippen molar-refractivity contribution in [3.8, 4) is 6.07 Å². The molecule has 0 saturated carbocycles. The van der Waals surface area contributed by atoms with E-state index in [1.54, 1.807) is 13.8 Å². The van der Waals surface area contributed by atoms with Crippen LogP contribution in [0.25, 0.3) is 5.57 Å². The molecule has 166 valence electrons. The number of rotatable bonds is 6. The second-order valence-corrected chi connectivity index (χ2v) is 9.57. The molecular formula is C28H29BN2O2. The number of nitriles is 1. The van der Waals surface area contributed by atoms with Gasteiger partial charge < -0.3 is 14.7 Å². The van der Waals surface area contributed by atoms with Crippen molar-refractivity contribution in [2.45, 2.75) is 44.9 Å². The summed E-state index contributed by atoms with van der Waals surface area (Å²) in [4.78, 5) is 2.28. The lowest BCUT2D eigenvalue weighted by Crippen LogP contribution is -2.49. The Bertz CT molecular complexity index is 1200. The molecule has 33 heavy (non-hydrogen) atoms. The summed E-state index contributed by atoms with van der Waals surface area (Å²) in [7, 11) is 0.419. The Hall–Kier alpha value is -3.33. The van der Waals surface area contributed by atoms with E-state index in [9.17, 15) is 10.4 Å². The summed E-state index contributed by atoms with van der Waals surface area (Å²) in [6.45, 7) is 11.8. The van der Waals surface area contributed by atoms with Gasteiger partial charge in [-0.25, -0.2) is 0 Å². The summed E-state index contributed by atoms with van der Waals surface area (Å²) in [6.07, 6.45) is 0. The van der Waals surface area contributed by atoms with Gasteiger partial charge in [0.15, 0.2) is 0 Å². The smallest absolute Gasteiger partial charge is 0.309 e. The number of hydrogen-bond donors (Lipinski definition) is 1. The van der Waals surface area contributed by atoms with Crippen molar-refractivity contribution in [3.63, 3.8) is 0 Å². The van der Waals surface area contributed by atoms with Crippen LogP contribution >= 0.6 is 0 Å². The first-order valence-electron chi connectivity index (χ1n) is 11.1. The highest BCUT2D eigenvalue weighted by Crippen LogP contribution is 2.51. The van der Waals surface area contributed by atoms with Crippen LogP contribution in [0.1, 0.15) is 50.4 Å². The molecule has 1 N–H and O–H groups in total. The first-order valence-corrected chi connectivity index (χ1v) is 11.1. The highest BCUT2D eigenvalue weighted by Gasteiger charge is 2.36. The van der Waals surface area contributed by atoms with Crippen LogP contribution in [-0.4, -0.2) is 23.8 Å². The molecule has 1 unspecified atom stereocenters. The van der Waals surface area contributed by atoms with Crippen LogP contribution in [0.3, 0.4) is 0 Å². The van der Waals surface area contributed by atoms with Gasteiger partial charge in [0.1, 0.15) is 0 Å². The molecule has 3 aromatic carbocycles.